The first-order valence-electron chi connectivity index (χ1n) is 5.75. The number of carbonyl (C=O) groups is 1. The second-order valence-corrected chi connectivity index (χ2v) is 6.73. The van der Waals surface area contributed by atoms with Gasteiger partial charge in [-0.25, -0.2) is 9.78 Å². The summed E-state index contributed by atoms with van der Waals surface area (Å²) in [6.07, 6.45) is 2.07. The Morgan fingerprint density at radius 3 is 2.79 bits per heavy atom. The second kappa shape index (κ2) is 4.89. The van der Waals surface area contributed by atoms with Crippen LogP contribution in [0.2, 0.25) is 5.02 Å². The molecule has 0 atom stereocenters. The molecule has 0 spiro atoms. The van der Waals surface area contributed by atoms with Gasteiger partial charge in [0.2, 0.25) is 0 Å². The molecule has 0 radical (unpaired) electrons. The molecule has 0 unspecified atom stereocenters. The van der Waals surface area contributed by atoms with Gasteiger partial charge in [-0.15, -0.1) is 11.3 Å². The minimum atomic E-state index is -0.893. The first-order valence-corrected chi connectivity index (χ1v) is 7.74. The molecule has 1 aliphatic rings. The van der Waals surface area contributed by atoms with Gasteiger partial charge in [-0.3, -0.25) is 0 Å². The zero-order valence-corrected chi connectivity index (χ0v) is 12.8. The van der Waals surface area contributed by atoms with Crippen molar-refractivity contribution in [1.29, 1.82) is 0 Å². The minimum absolute atomic E-state index is 0.321. The molecule has 3 rings (SSSR count). The maximum Gasteiger partial charge on any atom is 0.347 e. The summed E-state index contributed by atoms with van der Waals surface area (Å²) in [5.74, 6) is -0.571. The molecular weight excluding hydrogens is 350 g/mol. The Morgan fingerprint density at radius 2 is 2.21 bits per heavy atom. The van der Waals surface area contributed by atoms with E-state index >= 15 is 0 Å². The summed E-state index contributed by atoms with van der Waals surface area (Å²) >= 11 is 10.6. The van der Waals surface area contributed by atoms with Crippen molar-refractivity contribution in [2.45, 2.75) is 18.8 Å². The quantitative estimate of drug-likeness (QED) is 0.857. The number of hydrogen-bond acceptors (Lipinski definition) is 3. The van der Waals surface area contributed by atoms with E-state index in [0.29, 0.717) is 15.8 Å². The number of halogens is 2. The fourth-order valence-corrected chi connectivity index (χ4v) is 3.93. The van der Waals surface area contributed by atoms with Crippen molar-refractivity contribution in [3.63, 3.8) is 0 Å². The highest BCUT2D eigenvalue weighted by atomic mass is 79.9. The number of aromatic nitrogens is 1. The third kappa shape index (κ3) is 2.55. The molecule has 19 heavy (non-hydrogen) atoms. The predicted molar refractivity (Wildman–Crippen MR) is 79.2 cm³/mol. The number of benzene rings is 1. The summed E-state index contributed by atoms with van der Waals surface area (Å²) < 4.78 is 0.827. The van der Waals surface area contributed by atoms with Crippen LogP contribution in [0.5, 0.6) is 0 Å². The van der Waals surface area contributed by atoms with E-state index in [2.05, 4.69) is 20.9 Å². The van der Waals surface area contributed by atoms with Crippen molar-refractivity contribution in [3.8, 4) is 10.6 Å². The molecule has 1 saturated carbocycles. The average molecular weight is 359 g/mol. The second-order valence-electron chi connectivity index (χ2n) is 4.44. The summed E-state index contributed by atoms with van der Waals surface area (Å²) in [4.78, 5) is 16.2. The van der Waals surface area contributed by atoms with Crippen molar-refractivity contribution >= 4 is 44.8 Å². The monoisotopic (exact) mass is 357 g/mol. The minimum Gasteiger partial charge on any atom is -0.477 e. The van der Waals surface area contributed by atoms with Gasteiger partial charge in [0.05, 0.1) is 5.69 Å². The molecule has 2 aromatic rings. The smallest absolute Gasteiger partial charge is 0.347 e. The lowest BCUT2D eigenvalue weighted by Crippen LogP contribution is -1.97. The van der Waals surface area contributed by atoms with Crippen molar-refractivity contribution in [2.75, 3.05) is 0 Å². The Kier molecular flexibility index (Phi) is 3.37. The Bertz CT molecular complexity index is 667. The molecule has 0 bridgehead atoms. The fourth-order valence-electron chi connectivity index (χ4n) is 1.90. The van der Waals surface area contributed by atoms with Crippen LogP contribution in [0.3, 0.4) is 0 Å². The van der Waals surface area contributed by atoms with Crippen LogP contribution in [0.25, 0.3) is 10.6 Å². The lowest BCUT2D eigenvalue weighted by atomic mass is 10.2. The molecule has 1 aromatic carbocycles. The van der Waals surface area contributed by atoms with E-state index in [1.165, 1.54) is 11.3 Å². The summed E-state index contributed by atoms with van der Waals surface area (Å²) in [7, 11) is 0. The van der Waals surface area contributed by atoms with Gasteiger partial charge in [0, 0.05) is 21.0 Å². The predicted octanol–water partition coefficient (Wildman–Crippen LogP) is 4.80. The number of rotatable bonds is 3. The largest absolute Gasteiger partial charge is 0.477 e. The molecule has 1 aliphatic carbocycles. The molecular formula is C13H9BrClNO2S. The topological polar surface area (TPSA) is 50.2 Å². The van der Waals surface area contributed by atoms with Crippen LogP contribution in [0.4, 0.5) is 0 Å². The summed E-state index contributed by atoms with van der Waals surface area (Å²) in [6.45, 7) is 0. The van der Waals surface area contributed by atoms with Crippen LogP contribution in [0.15, 0.2) is 22.7 Å². The van der Waals surface area contributed by atoms with E-state index in [-0.39, 0.29) is 0 Å². The zero-order chi connectivity index (χ0) is 13.6. The molecule has 1 fully saturated rings. The molecule has 98 valence electrons. The summed E-state index contributed by atoms with van der Waals surface area (Å²) in [5.41, 5.74) is 1.61. The van der Waals surface area contributed by atoms with Crippen LogP contribution in [-0.2, 0) is 0 Å². The van der Waals surface area contributed by atoms with E-state index in [0.717, 1.165) is 33.6 Å². The highest BCUT2D eigenvalue weighted by Crippen LogP contribution is 2.45. The Labute approximate surface area is 127 Å². The number of nitrogens with zero attached hydrogens (tertiary/aromatic N) is 1. The third-order valence-corrected chi connectivity index (χ3v) is 4.96. The molecule has 0 amide bonds. The van der Waals surface area contributed by atoms with Crippen LogP contribution < -0.4 is 0 Å². The average Bonchev–Trinajstić information content (AvgIpc) is 3.09. The molecule has 1 aromatic heterocycles. The van der Waals surface area contributed by atoms with Crippen LogP contribution in [-0.4, -0.2) is 16.1 Å². The zero-order valence-electron chi connectivity index (χ0n) is 9.69. The highest BCUT2D eigenvalue weighted by molar-refractivity contribution is 9.10. The van der Waals surface area contributed by atoms with Crippen molar-refractivity contribution < 1.29 is 9.90 Å². The van der Waals surface area contributed by atoms with Gasteiger partial charge >= 0.3 is 5.97 Å². The van der Waals surface area contributed by atoms with Crippen molar-refractivity contribution in [1.82, 2.24) is 4.98 Å². The maximum absolute atomic E-state index is 11.3. The SMILES string of the molecule is O=C(O)c1sc(-c2ccc(Cl)cc2Br)nc1C1CC1. The van der Waals surface area contributed by atoms with Gasteiger partial charge in [-0.1, -0.05) is 27.5 Å². The van der Waals surface area contributed by atoms with Gasteiger partial charge in [-0.2, -0.15) is 0 Å². The number of hydrogen-bond donors (Lipinski definition) is 1. The third-order valence-electron chi connectivity index (χ3n) is 2.97. The Morgan fingerprint density at radius 1 is 1.47 bits per heavy atom. The highest BCUT2D eigenvalue weighted by Gasteiger charge is 2.32. The van der Waals surface area contributed by atoms with Gasteiger partial charge in [0.1, 0.15) is 9.88 Å². The van der Waals surface area contributed by atoms with Gasteiger partial charge in [0.15, 0.2) is 0 Å². The van der Waals surface area contributed by atoms with Crippen LogP contribution in [0, 0.1) is 0 Å². The molecule has 0 aliphatic heterocycles. The van der Waals surface area contributed by atoms with E-state index in [1.807, 2.05) is 6.07 Å². The number of carboxylic acids is 1. The number of carboxylic acid groups (broad SMARTS) is 1. The first kappa shape index (κ1) is 13.1. The number of aromatic carboxylic acids is 1. The van der Waals surface area contributed by atoms with E-state index in [9.17, 15) is 9.90 Å². The molecule has 1 heterocycles. The van der Waals surface area contributed by atoms with E-state index in [1.54, 1.807) is 12.1 Å². The van der Waals surface area contributed by atoms with Crippen molar-refractivity contribution in [3.05, 3.63) is 38.3 Å². The molecule has 3 nitrogen and oxygen atoms in total. The lowest BCUT2D eigenvalue weighted by Gasteiger charge is -2.00. The van der Waals surface area contributed by atoms with Crippen molar-refractivity contribution in [2.24, 2.45) is 0 Å². The Hall–Kier alpha value is -0.910. The molecule has 1 N–H and O–H groups in total. The standard InChI is InChI=1S/C13H9BrClNO2S/c14-9-5-7(15)3-4-8(9)12-16-10(6-1-2-6)11(19-12)13(17)18/h3-6H,1-2H2,(H,17,18). The first-order chi connectivity index (χ1) is 9.06. The number of thiazole rings is 1. The Balaban J connectivity index is 2.10. The van der Waals surface area contributed by atoms with E-state index in [4.69, 9.17) is 11.6 Å². The van der Waals surface area contributed by atoms with E-state index < -0.39 is 5.97 Å². The molecule has 6 heteroatoms. The molecule has 0 saturated heterocycles. The van der Waals surface area contributed by atoms with Gasteiger partial charge in [-0.05, 0) is 31.0 Å². The normalized spacial score (nSPS) is 14.6. The fraction of sp³-hybridized carbons (Fsp3) is 0.231. The summed E-state index contributed by atoms with van der Waals surface area (Å²) in [5, 5.41) is 10.6. The summed E-state index contributed by atoms with van der Waals surface area (Å²) in [6, 6.07) is 5.42. The van der Waals surface area contributed by atoms with Crippen LogP contribution >= 0.6 is 38.9 Å². The van der Waals surface area contributed by atoms with Gasteiger partial charge in [0.25, 0.3) is 0 Å². The lowest BCUT2D eigenvalue weighted by molar-refractivity contribution is 0.0700. The van der Waals surface area contributed by atoms with Gasteiger partial charge < -0.3 is 5.11 Å². The van der Waals surface area contributed by atoms with Crippen LogP contribution in [0.1, 0.15) is 34.1 Å². The maximum atomic E-state index is 11.3.